The van der Waals surface area contributed by atoms with Crippen LogP contribution in [-0.4, -0.2) is 42.9 Å². The Bertz CT molecular complexity index is 1050. The Balaban J connectivity index is 1.41. The van der Waals surface area contributed by atoms with Gasteiger partial charge in [0.15, 0.2) is 0 Å². The maximum Gasteiger partial charge on any atom is 0.251 e. The Morgan fingerprint density at radius 3 is 2.06 bits per heavy atom. The van der Waals surface area contributed by atoms with E-state index in [0.717, 1.165) is 5.56 Å². The molecule has 5 nitrogen and oxygen atoms in total. The molecule has 164 valence electrons. The number of benzene rings is 3. The number of nitrogens with one attached hydrogen (secondary N) is 1. The molecule has 1 atom stereocenters. The van der Waals surface area contributed by atoms with E-state index in [4.69, 9.17) is 0 Å². The molecular weight excluding hydrogens is 405 g/mol. The molecule has 3 aromatic carbocycles. The lowest BCUT2D eigenvalue weighted by Gasteiger charge is -2.36. The van der Waals surface area contributed by atoms with Gasteiger partial charge in [-0.1, -0.05) is 60.7 Å². The molecule has 1 unspecified atom stereocenters. The molecule has 1 fully saturated rings. The van der Waals surface area contributed by atoms with Gasteiger partial charge in [0, 0.05) is 31.7 Å². The summed E-state index contributed by atoms with van der Waals surface area (Å²) in [4.78, 5) is 29.6. The first kappa shape index (κ1) is 21.6. The van der Waals surface area contributed by atoms with Crippen LogP contribution in [0.15, 0.2) is 84.9 Å². The zero-order chi connectivity index (χ0) is 22.3. The number of halogens is 1. The van der Waals surface area contributed by atoms with Gasteiger partial charge in [-0.3, -0.25) is 9.59 Å². The van der Waals surface area contributed by atoms with Crippen molar-refractivity contribution in [2.75, 3.05) is 31.1 Å². The topological polar surface area (TPSA) is 52.7 Å². The Kier molecular flexibility index (Phi) is 6.80. The number of rotatable bonds is 6. The van der Waals surface area contributed by atoms with E-state index < -0.39 is 6.04 Å². The lowest BCUT2D eigenvalue weighted by molar-refractivity contribution is -0.132. The molecular formula is C26H26FN3O2. The lowest BCUT2D eigenvalue weighted by Crippen LogP contribution is -2.49. The Hall–Kier alpha value is -3.67. The van der Waals surface area contributed by atoms with Crippen molar-refractivity contribution in [2.24, 2.45) is 0 Å². The number of carbonyl (C=O) groups excluding carboxylic acids is 2. The monoisotopic (exact) mass is 431 g/mol. The molecule has 0 bridgehead atoms. The molecule has 1 saturated heterocycles. The predicted octanol–water partition coefficient (Wildman–Crippen LogP) is 4.04. The zero-order valence-corrected chi connectivity index (χ0v) is 17.8. The third-order valence-corrected chi connectivity index (χ3v) is 5.75. The van der Waals surface area contributed by atoms with Gasteiger partial charge in [0.1, 0.15) is 5.82 Å². The highest BCUT2D eigenvalue weighted by Crippen LogP contribution is 2.22. The fourth-order valence-electron chi connectivity index (χ4n) is 3.98. The number of piperazine rings is 1. The van der Waals surface area contributed by atoms with Gasteiger partial charge in [0.2, 0.25) is 5.91 Å². The summed E-state index contributed by atoms with van der Waals surface area (Å²) < 4.78 is 14.1. The van der Waals surface area contributed by atoms with Gasteiger partial charge >= 0.3 is 0 Å². The van der Waals surface area contributed by atoms with Crippen molar-refractivity contribution >= 4 is 17.5 Å². The van der Waals surface area contributed by atoms with E-state index >= 15 is 0 Å². The molecule has 32 heavy (non-hydrogen) atoms. The van der Waals surface area contributed by atoms with Crippen LogP contribution in [0.4, 0.5) is 10.1 Å². The molecule has 0 aliphatic carbocycles. The number of hydrogen-bond acceptors (Lipinski definition) is 3. The van der Waals surface area contributed by atoms with Gasteiger partial charge in [0.05, 0.1) is 18.2 Å². The van der Waals surface area contributed by atoms with E-state index in [1.807, 2.05) is 59.5 Å². The van der Waals surface area contributed by atoms with Crippen molar-refractivity contribution in [1.29, 1.82) is 0 Å². The number of anilines is 1. The van der Waals surface area contributed by atoms with Crippen molar-refractivity contribution in [3.8, 4) is 0 Å². The Morgan fingerprint density at radius 1 is 0.812 bits per heavy atom. The van der Waals surface area contributed by atoms with Gasteiger partial charge in [-0.2, -0.15) is 0 Å². The fourth-order valence-corrected chi connectivity index (χ4v) is 3.98. The van der Waals surface area contributed by atoms with Crippen LogP contribution in [0.1, 0.15) is 28.4 Å². The second kappa shape index (κ2) is 10.1. The molecule has 0 radical (unpaired) electrons. The molecule has 6 heteroatoms. The molecule has 3 aromatic rings. The minimum Gasteiger partial charge on any atom is -0.366 e. The highest BCUT2D eigenvalue weighted by Gasteiger charge is 2.26. The fraction of sp³-hybridized carbons (Fsp3) is 0.231. The summed E-state index contributed by atoms with van der Waals surface area (Å²) in [6, 6.07) is 24.8. The van der Waals surface area contributed by atoms with Crippen LogP contribution in [-0.2, 0) is 4.79 Å². The van der Waals surface area contributed by atoms with E-state index in [1.54, 1.807) is 29.2 Å². The second-order valence-electron chi connectivity index (χ2n) is 7.83. The average molecular weight is 432 g/mol. The third-order valence-electron chi connectivity index (χ3n) is 5.75. The summed E-state index contributed by atoms with van der Waals surface area (Å²) in [7, 11) is 0. The van der Waals surface area contributed by atoms with Crippen molar-refractivity contribution in [3.63, 3.8) is 0 Å². The van der Waals surface area contributed by atoms with Gasteiger partial charge in [-0.05, 0) is 29.8 Å². The van der Waals surface area contributed by atoms with Crippen LogP contribution in [0.25, 0.3) is 0 Å². The first-order valence-electron chi connectivity index (χ1n) is 10.8. The van der Waals surface area contributed by atoms with Gasteiger partial charge in [0.25, 0.3) is 5.91 Å². The third kappa shape index (κ3) is 5.14. The molecule has 0 saturated carbocycles. The van der Waals surface area contributed by atoms with E-state index in [9.17, 15) is 14.0 Å². The van der Waals surface area contributed by atoms with Crippen LogP contribution < -0.4 is 10.2 Å². The number of amides is 2. The molecule has 1 aliphatic heterocycles. The maximum atomic E-state index is 14.1. The summed E-state index contributed by atoms with van der Waals surface area (Å²) in [5.41, 5.74) is 2.01. The average Bonchev–Trinajstić information content (AvgIpc) is 2.85. The summed E-state index contributed by atoms with van der Waals surface area (Å²) in [5, 5.41) is 3.02. The predicted molar refractivity (Wildman–Crippen MR) is 123 cm³/mol. The standard InChI is InChI=1S/C26H26FN3O2/c27-22-13-7-8-14-24(22)29-15-17-30(18-16-29)25(31)19-23(20-9-3-1-4-10-20)28-26(32)21-11-5-2-6-12-21/h1-14,23H,15-19H2,(H,28,32). The van der Waals surface area contributed by atoms with Crippen molar-refractivity contribution < 1.29 is 14.0 Å². The normalized spacial score (nSPS) is 14.7. The van der Waals surface area contributed by atoms with Crippen LogP contribution in [0, 0.1) is 5.82 Å². The van der Waals surface area contributed by atoms with Crippen LogP contribution >= 0.6 is 0 Å². The lowest BCUT2D eigenvalue weighted by atomic mass is 10.0. The van der Waals surface area contributed by atoms with E-state index in [0.29, 0.717) is 37.4 Å². The van der Waals surface area contributed by atoms with Crippen LogP contribution in [0.2, 0.25) is 0 Å². The molecule has 4 rings (SSSR count). The maximum absolute atomic E-state index is 14.1. The number of nitrogens with zero attached hydrogens (tertiary/aromatic N) is 2. The van der Waals surface area contributed by atoms with E-state index in [1.165, 1.54) is 6.07 Å². The first-order chi connectivity index (χ1) is 15.6. The summed E-state index contributed by atoms with van der Waals surface area (Å²) >= 11 is 0. The van der Waals surface area contributed by atoms with Gasteiger partial charge < -0.3 is 15.1 Å². The second-order valence-corrected chi connectivity index (χ2v) is 7.83. The largest absolute Gasteiger partial charge is 0.366 e. The van der Waals surface area contributed by atoms with Gasteiger partial charge in [-0.15, -0.1) is 0 Å². The summed E-state index contributed by atoms with van der Waals surface area (Å²) in [6.45, 7) is 2.17. The number of carbonyl (C=O) groups is 2. The van der Waals surface area contributed by atoms with Crippen molar-refractivity contribution in [2.45, 2.75) is 12.5 Å². The number of hydrogen-bond donors (Lipinski definition) is 1. The molecule has 1 heterocycles. The SMILES string of the molecule is O=C(NC(CC(=O)N1CCN(c2ccccc2F)CC1)c1ccccc1)c1ccccc1. The molecule has 1 N–H and O–H groups in total. The van der Waals surface area contributed by atoms with E-state index in [-0.39, 0.29) is 24.1 Å². The molecule has 1 aliphatic rings. The molecule has 2 amide bonds. The molecule has 0 spiro atoms. The van der Waals surface area contributed by atoms with Crippen LogP contribution in [0.3, 0.4) is 0 Å². The quantitative estimate of drug-likeness (QED) is 0.641. The summed E-state index contributed by atoms with van der Waals surface area (Å²) in [6.07, 6.45) is 0.169. The highest BCUT2D eigenvalue weighted by molar-refractivity contribution is 5.94. The minimum absolute atomic E-state index is 0.0274. The van der Waals surface area contributed by atoms with Crippen molar-refractivity contribution in [1.82, 2.24) is 10.2 Å². The smallest absolute Gasteiger partial charge is 0.251 e. The van der Waals surface area contributed by atoms with E-state index in [2.05, 4.69) is 5.32 Å². The van der Waals surface area contributed by atoms with Crippen molar-refractivity contribution in [3.05, 3.63) is 102 Å². The van der Waals surface area contributed by atoms with Crippen LogP contribution in [0.5, 0.6) is 0 Å². The Morgan fingerprint density at radius 2 is 1.41 bits per heavy atom. The highest BCUT2D eigenvalue weighted by atomic mass is 19.1. The first-order valence-corrected chi connectivity index (χ1v) is 10.8. The molecule has 0 aromatic heterocycles. The number of para-hydroxylation sites is 1. The minimum atomic E-state index is -0.430. The Labute approximate surface area is 187 Å². The van der Waals surface area contributed by atoms with Gasteiger partial charge in [-0.25, -0.2) is 4.39 Å². The zero-order valence-electron chi connectivity index (χ0n) is 17.8. The summed E-state index contributed by atoms with van der Waals surface area (Å²) in [5.74, 6) is -0.489.